The molecule has 0 aromatic rings. The smallest absolute Gasteiger partial charge is 0.0573 e. The van der Waals surface area contributed by atoms with Crippen molar-refractivity contribution >= 4 is 0 Å². The van der Waals surface area contributed by atoms with Gasteiger partial charge in [-0.1, -0.05) is 33.1 Å². The molecule has 2 bridgehead atoms. The Morgan fingerprint density at radius 3 is 2.33 bits per heavy atom. The zero-order valence-corrected chi connectivity index (χ0v) is 10.3. The van der Waals surface area contributed by atoms with Crippen LogP contribution in [0.2, 0.25) is 0 Å². The van der Waals surface area contributed by atoms with Crippen molar-refractivity contribution < 1.29 is 5.11 Å². The minimum absolute atomic E-state index is 0.00481. The van der Waals surface area contributed by atoms with E-state index in [-0.39, 0.29) is 6.10 Å². The second kappa shape index (κ2) is 4.86. The van der Waals surface area contributed by atoms with Gasteiger partial charge in [-0.15, -0.1) is 0 Å². The second-order valence-corrected chi connectivity index (χ2v) is 5.82. The van der Waals surface area contributed by atoms with E-state index in [4.69, 9.17) is 0 Å². The molecular weight excluding hydrogens is 184 g/mol. The van der Waals surface area contributed by atoms with Gasteiger partial charge in [0.05, 0.1) is 6.10 Å². The lowest BCUT2D eigenvalue weighted by atomic mass is 9.80. The normalized spacial score (nSPS) is 36.4. The van der Waals surface area contributed by atoms with Gasteiger partial charge in [0.2, 0.25) is 0 Å². The summed E-state index contributed by atoms with van der Waals surface area (Å²) in [5.74, 6) is 3.25. The van der Waals surface area contributed by atoms with E-state index in [2.05, 4.69) is 13.8 Å². The summed E-state index contributed by atoms with van der Waals surface area (Å²) in [4.78, 5) is 0. The fourth-order valence-electron chi connectivity index (χ4n) is 3.90. The first-order chi connectivity index (χ1) is 7.24. The van der Waals surface area contributed by atoms with Crippen LogP contribution in [0.3, 0.4) is 0 Å². The molecule has 4 unspecified atom stereocenters. The van der Waals surface area contributed by atoms with Crippen LogP contribution in [0.1, 0.15) is 58.8 Å². The van der Waals surface area contributed by atoms with E-state index in [0.29, 0.717) is 5.92 Å². The number of fused-ring (bicyclic) bond motifs is 2. The maximum Gasteiger partial charge on any atom is 0.0573 e. The van der Waals surface area contributed by atoms with Gasteiger partial charge < -0.3 is 5.11 Å². The molecular formula is C14H26O. The van der Waals surface area contributed by atoms with Crippen LogP contribution in [0.25, 0.3) is 0 Å². The van der Waals surface area contributed by atoms with Crippen LogP contribution in [0, 0.1) is 23.7 Å². The highest BCUT2D eigenvalue weighted by Gasteiger charge is 2.42. The minimum Gasteiger partial charge on any atom is -0.393 e. The van der Waals surface area contributed by atoms with Gasteiger partial charge >= 0.3 is 0 Å². The molecule has 15 heavy (non-hydrogen) atoms. The number of aliphatic hydroxyl groups is 1. The molecule has 0 aliphatic heterocycles. The summed E-state index contributed by atoms with van der Waals surface area (Å²) in [6, 6.07) is 0. The molecule has 0 spiro atoms. The van der Waals surface area contributed by atoms with Crippen molar-refractivity contribution in [2.75, 3.05) is 0 Å². The van der Waals surface area contributed by atoms with Gasteiger partial charge in [0.25, 0.3) is 0 Å². The number of aliphatic hydroxyl groups excluding tert-OH is 1. The average Bonchev–Trinajstić information content (AvgIpc) is 2.87. The molecule has 2 rings (SSSR count). The summed E-state index contributed by atoms with van der Waals surface area (Å²) < 4.78 is 0. The number of hydrogen-bond donors (Lipinski definition) is 1. The molecule has 2 aliphatic rings. The zero-order valence-electron chi connectivity index (χ0n) is 10.3. The van der Waals surface area contributed by atoms with E-state index in [0.717, 1.165) is 24.2 Å². The highest BCUT2D eigenvalue weighted by atomic mass is 16.3. The Morgan fingerprint density at radius 2 is 1.87 bits per heavy atom. The Labute approximate surface area is 94.3 Å². The average molecular weight is 210 g/mol. The highest BCUT2D eigenvalue weighted by Crippen LogP contribution is 2.50. The third-order valence-electron chi connectivity index (χ3n) is 5.02. The van der Waals surface area contributed by atoms with E-state index in [1.54, 1.807) is 0 Å². The Kier molecular flexibility index (Phi) is 3.71. The largest absolute Gasteiger partial charge is 0.393 e. The third kappa shape index (κ3) is 2.38. The molecule has 0 saturated heterocycles. The first-order valence-corrected chi connectivity index (χ1v) is 6.92. The van der Waals surface area contributed by atoms with Gasteiger partial charge in [0.15, 0.2) is 0 Å². The molecule has 88 valence electrons. The Balaban J connectivity index is 1.83. The van der Waals surface area contributed by atoms with Crippen molar-refractivity contribution in [2.45, 2.75) is 64.9 Å². The van der Waals surface area contributed by atoms with Gasteiger partial charge in [-0.2, -0.15) is 0 Å². The van der Waals surface area contributed by atoms with Crippen molar-refractivity contribution in [1.82, 2.24) is 0 Å². The third-order valence-corrected chi connectivity index (χ3v) is 5.02. The van der Waals surface area contributed by atoms with Crippen LogP contribution in [0.15, 0.2) is 0 Å². The topological polar surface area (TPSA) is 20.2 Å². The Morgan fingerprint density at radius 1 is 1.13 bits per heavy atom. The lowest BCUT2D eigenvalue weighted by molar-refractivity contribution is 0.0520. The lowest BCUT2D eigenvalue weighted by Gasteiger charge is -2.29. The molecule has 2 fully saturated rings. The molecule has 0 aromatic heterocycles. The van der Waals surface area contributed by atoms with Crippen LogP contribution >= 0.6 is 0 Å². The Bertz CT molecular complexity index is 198. The molecule has 4 atom stereocenters. The SMILES string of the molecule is CCC(CC)CC(O)C1CC2CCC1C2. The van der Waals surface area contributed by atoms with Gasteiger partial charge in [-0.05, 0) is 49.4 Å². The van der Waals surface area contributed by atoms with Gasteiger partial charge in [0.1, 0.15) is 0 Å². The molecule has 0 aromatic carbocycles. The van der Waals surface area contributed by atoms with Gasteiger partial charge in [-0.3, -0.25) is 0 Å². The minimum atomic E-state index is 0.00481. The first kappa shape index (κ1) is 11.4. The maximum atomic E-state index is 10.3. The summed E-state index contributed by atoms with van der Waals surface area (Å²) in [5.41, 5.74) is 0. The molecule has 1 N–H and O–H groups in total. The summed E-state index contributed by atoms with van der Waals surface area (Å²) in [5, 5.41) is 10.3. The number of rotatable bonds is 5. The highest BCUT2D eigenvalue weighted by molar-refractivity contribution is 4.93. The molecule has 0 heterocycles. The summed E-state index contributed by atoms with van der Waals surface area (Å²) in [6.45, 7) is 4.50. The van der Waals surface area contributed by atoms with E-state index in [1.165, 1.54) is 38.5 Å². The molecule has 1 nitrogen and oxygen atoms in total. The van der Waals surface area contributed by atoms with Crippen molar-refractivity contribution in [1.29, 1.82) is 0 Å². The van der Waals surface area contributed by atoms with Crippen LogP contribution in [-0.2, 0) is 0 Å². The first-order valence-electron chi connectivity index (χ1n) is 6.92. The van der Waals surface area contributed by atoms with Crippen molar-refractivity contribution in [3.63, 3.8) is 0 Å². The van der Waals surface area contributed by atoms with Crippen LogP contribution in [0.4, 0.5) is 0 Å². The van der Waals surface area contributed by atoms with E-state index < -0.39 is 0 Å². The Hall–Kier alpha value is -0.0400. The van der Waals surface area contributed by atoms with Gasteiger partial charge in [0, 0.05) is 0 Å². The fourth-order valence-corrected chi connectivity index (χ4v) is 3.90. The summed E-state index contributed by atoms with van der Waals surface area (Å²) >= 11 is 0. The van der Waals surface area contributed by atoms with Crippen LogP contribution in [0.5, 0.6) is 0 Å². The standard InChI is InChI=1S/C14H26O/c1-3-10(4-2)9-14(15)13-8-11-5-6-12(13)7-11/h10-15H,3-9H2,1-2H3. The number of hydrogen-bond acceptors (Lipinski definition) is 1. The van der Waals surface area contributed by atoms with Gasteiger partial charge in [-0.25, -0.2) is 0 Å². The van der Waals surface area contributed by atoms with Crippen LogP contribution in [-0.4, -0.2) is 11.2 Å². The molecule has 2 saturated carbocycles. The van der Waals surface area contributed by atoms with Crippen LogP contribution < -0.4 is 0 Å². The van der Waals surface area contributed by atoms with E-state index in [9.17, 15) is 5.11 Å². The molecule has 0 radical (unpaired) electrons. The quantitative estimate of drug-likeness (QED) is 0.735. The lowest BCUT2D eigenvalue weighted by Crippen LogP contribution is -2.27. The predicted molar refractivity (Wildman–Crippen MR) is 63.6 cm³/mol. The zero-order chi connectivity index (χ0) is 10.8. The van der Waals surface area contributed by atoms with E-state index in [1.807, 2.05) is 0 Å². The predicted octanol–water partition coefficient (Wildman–Crippen LogP) is 3.61. The molecule has 0 amide bonds. The summed E-state index contributed by atoms with van der Waals surface area (Å²) in [7, 11) is 0. The van der Waals surface area contributed by atoms with Crippen molar-refractivity contribution in [2.24, 2.45) is 23.7 Å². The molecule has 1 heteroatoms. The maximum absolute atomic E-state index is 10.3. The fraction of sp³-hybridized carbons (Fsp3) is 1.00. The van der Waals surface area contributed by atoms with E-state index >= 15 is 0 Å². The monoisotopic (exact) mass is 210 g/mol. The second-order valence-electron chi connectivity index (χ2n) is 5.82. The van der Waals surface area contributed by atoms with Crippen molar-refractivity contribution in [3.05, 3.63) is 0 Å². The molecule has 2 aliphatic carbocycles. The van der Waals surface area contributed by atoms with Crippen molar-refractivity contribution in [3.8, 4) is 0 Å². The summed E-state index contributed by atoms with van der Waals surface area (Å²) in [6.07, 6.45) is 9.11.